The summed E-state index contributed by atoms with van der Waals surface area (Å²) in [5, 5.41) is 10.4. The van der Waals surface area contributed by atoms with Crippen LogP contribution in [0.15, 0.2) is 78.0 Å². The number of aromatic nitrogens is 1. The predicted octanol–water partition coefficient (Wildman–Crippen LogP) is 7.44. The fraction of sp³-hybridized carbons (Fsp3) is 0. The Hall–Kier alpha value is -3.47. The lowest BCUT2D eigenvalue weighted by Crippen LogP contribution is -1.96. The summed E-state index contributed by atoms with van der Waals surface area (Å²) in [6.07, 6.45) is 1.40. The van der Waals surface area contributed by atoms with Crippen molar-refractivity contribution in [2.45, 2.75) is 0 Å². The van der Waals surface area contributed by atoms with E-state index in [0.717, 1.165) is 28.9 Å². The van der Waals surface area contributed by atoms with Gasteiger partial charge in [-0.25, -0.2) is 23.7 Å². The molecule has 1 aromatic heterocycles. The summed E-state index contributed by atoms with van der Waals surface area (Å²) in [5.74, 6) is -2.20. The lowest BCUT2D eigenvalue weighted by molar-refractivity contribution is 0.509. The molecule has 4 rings (SSSR count). The van der Waals surface area contributed by atoms with Gasteiger partial charge in [-0.05, 0) is 77.2 Å². The van der Waals surface area contributed by atoms with Crippen molar-refractivity contribution in [3.05, 3.63) is 99.6 Å². The van der Waals surface area contributed by atoms with Gasteiger partial charge in [0.15, 0.2) is 11.6 Å². The van der Waals surface area contributed by atoms with E-state index in [1.807, 2.05) is 46.9 Å². The second kappa shape index (κ2) is 9.35. The molecular weight excluding hydrogens is 530 g/mol. The van der Waals surface area contributed by atoms with Gasteiger partial charge in [-0.2, -0.15) is 5.11 Å². The summed E-state index contributed by atoms with van der Waals surface area (Å²) in [5.41, 5.74) is 10.6. The van der Waals surface area contributed by atoms with Gasteiger partial charge in [0.1, 0.15) is 11.5 Å². The van der Waals surface area contributed by atoms with E-state index in [9.17, 15) is 13.2 Å². The highest BCUT2D eigenvalue weighted by molar-refractivity contribution is 14.1. The largest absolute Gasteiger partial charge is 0.360 e. The van der Waals surface area contributed by atoms with E-state index in [2.05, 4.69) is 20.7 Å². The van der Waals surface area contributed by atoms with Crippen molar-refractivity contribution in [2.24, 2.45) is 5.11 Å². The van der Waals surface area contributed by atoms with Gasteiger partial charge in [0.2, 0.25) is 0 Å². The molecule has 1 heterocycles. The molecule has 0 atom stereocenters. The number of anilines is 3. The molecule has 5 nitrogen and oxygen atoms in total. The number of nitrogens with one attached hydrogen (secondary N) is 3. The molecule has 160 valence electrons. The maximum absolute atomic E-state index is 13.5. The Kier molecular flexibility index (Phi) is 6.35. The number of hydrogen-bond acceptors (Lipinski definition) is 5. The summed E-state index contributed by atoms with van der Waals surface area (Å²) in [6.45, 7) is 0. The maximum atomic E-state index is 13.5. The highest BCUT2D eigenvalue weighted by Crippen LogP contribution is 2.28. The zero-order chi connectivity index (χ0) is 22.7. The highest BCUT2D eigenvalue weighted by atomic mass is 127. The molecule has 4 aromatic rings. The van der Waals surface area contributed by atoms with Crippen LogP contribution in [0, 0.1) is 26.6 Å². The van der Waals surface area contributed by atoms with E-state index in [1.54, 1.807) is 18.2 Å². The molecule has 0 radical (unpaired) electrons. The number of rotatable bonds is 6. The molecular formula is C23H15F3IN5. The topological polar surface area (TPSA) is 73.2 Å². The zero-order valence-corrected chi connectivity index (χ0v) is 18.5. The zero-order valence-electron chi connectivity index (χ0n) is 16.3. The lowest BCUT2D eigenvalue weighted by Gasteiger charge is -2.11. The van der Waals surface area contributed by atoms with E-state index in [0.29, 0.717) is 20.5 Å². The summed E-state index contributed by atoms with van der Waals surface area (Å²) in [6, 6.07) is 17.2. The number of halogens is 4. The monoisotopic (exact) mass is 545 g/mol. The van der Waals surface area contributed by atoms with Crippen molar-refractivity contribution in [3.8, 4) is 0 Å². The van der Waals surface area contributed by atoms with Crippen LogP contribution in [0.5, 0.6) is 0 Å². The van der Waals surface area contributed by atoms with E-state index < -0.39 is 11.6 Å². The number of fused-ring (bicyclic) bond motifs is 1. The Bertz CT molecular complexity index is 1360. The summed E-state index contributed by atoms with van der Waals surface area (Å²) in [7, 11) is 0. The SMILES string of the molecule is N=N/C(=C\Nc1ccc(F)c(F)c1)c1ccc2c(Nc3ccc(F)c(I)c3)cccc2n1. The molecule has 0 amide bonds. The van der Waals surface area contributed by atoms with Gasteiger partial charge in [0, 0.05) is 34.7 Å². The molecule has 0 unspecified atom stereocenters. The Morgan fingerprint density at radius 1 is 0.906 bits per heavy atom. The second-order valence-corrected chi connectivity index (χ2v) is 7.90. The minimum Gasteiger partial charge on any atom is -0.360 e. The number of hydrogen-bond donors (Lipinski definition) is 3. The van der Waals surface area contributed by atoms with Crippen molar-refractivity contribution < 1.29 is 13.2 Å². The van der Waals surface area contributed by atoms with E-state index in [-0.39, 0.29) is 11.5 Å². The van der Waals surface area contributed by atoms with Gasteiger partial charge in [0.05, 0.1) is 14.8 Å². The fourth-order valence-electron chi connectivity index (χ4n) is 3.04. The maximum Gasteiger partial charge on any atom is 0.160 e. The number of pyridine rings is 1. The molecule has 0 fully saturated rings. The van der Waals surface area contributed by atoms with Crippen LogP contribution in [-0.4, -0.2) is 4.98 Å². The predicted molar refractivity (Wildman–Crippen MR) is 127 cm³/mol. The molecule has 9 heteroatoms. The normalized spacial score (nSPS) is 11.4. The Morgan fingerprint density at radius 3 is 2.44 bits per heavy atom. The standard InChI is InChI=1S/C23H15F3IN5/c24-16-7-4-13(10-18(16)26)29-12-23(32-28)22-9-6-15-20(2-1-3-21(15)31-22)30-14-5-8-17(25)19(27)11-14/h1-12,28-30H/b23-12-,32-28?. The van der Waals surface area contributed by atoms with Crippen molar-refractivity contribution in [1.82, 2.24) is 4.98 Å². The third kappa shape index (κ3) is 4.72. The number of nitrogens with zero attached hydrogens (tertiary/aromatic N) is 2. The van der Waals surface area contributed by atoms with Crippen LogP contribution in [0.2, 0.25) is 0 Å². The van der Waals surface area contributed by atoms with Gasteiger partial charge in [-0.3, -0.25) is 0 Å². The Labute approximate surface area is 195 Å². The number of benzene rings is 3. The van der Waals surface area contributed by atoms with Crippen LogP contribution in [0.4, 0.5) is 30.2 Å². The van der Waals surface area contributed by atoms with Crippen molar-refractivity contribution in [1.29, 1.82) is 5.53 Å². The van der Waals surface area contributed by atoms with Gasteiger partial charge in [0.25, 0.3) is 0 Å². The van der Waals surface area contributed by atoms with E-state index in [4.69, 9.17) is 5.53 Å². The molecule has 0 saturated heterocycles. The first-order valence-corrected chi connectivity index (χ1v) is 10.4. The molecule has 0 aliphatic carbocycles. The summed E-state index contributed by atoms with van der Waals surface area (Å²) >= 11 is 1.93. The van der Waals surface area contributed by atoms with Crippen LogP contribution in [0.1, 0.15) is 5.69 Å². The third-order valence-electron chi connectivity index (χ3n) is 4.61. The smallest absolute Gasteiger partial charge is 0.160 e. The first-order chi connectivity index (χ1) is 15.4. The van der Waals surface area contributed by atoms with Crippen molar-refractivity contribution in [2.75, 3.05) is 10.6 Å². The van der Waals surface area contributed by atoms with Crippen molar-refractivity contribution >= 4 is 56.3 Å². The molecule has 0 aliphatic rings. The lowest BCUT2D eigenvalue weighted by atomic mass is 10.1. The second-order valence-electron chi connectivity index (χ2n) is 6.74. The minimum absolute atomic E-state index is 0.211. The Morgan fingerprint density at radius 2 is 1.69 bits per heavy atom. The highest BCUT2D eigenvalue weighted by Gasteiger charge is 2.09. The van der Waals surface area contributed by atoms with Gasteiger partial charge in [-0.15, -0.1) is 0 Å². The fourth-order valence-corrected chi connectivity index (χ4v) is 3.55. The van der Waals surface area contributed by atoms with Crippen LogP contribution < -0.4 is 10.6 Å². The van der Waals surface area contributed by atoms with E-state index >= 15 is 0 Å². The summed E-state index contributed by atoms with van der Waals surface area (Å²) < 4.78 is 40.5. The first-order valence-electron chi connectivity index (χ1n) is 9.36. The van der Waals surface area contributed by atoms with Gasteiger partial charge in [-0.1, -0.05) is 6.07 Å². The summed E-state index contributed by atoms with van der Waals surface area (Å²) in [4.78, 5) is 4.57. The van der Waals surface area contributed by atoms with Crippen LogP contribution in [0.25, 0.3) is 16.6 Å². The quantitative estimate of drug-likeness (QED) is 0.174. The molecule has 0 bridgehead atoms. The Balaban J connectivity index is 1.62. The van der Waals surface area contributed by atoms with Gasteiger partial charge >= 0.3 is 0 Å². The molecule has 3 N–H and O–H groups in total. The molecule has 3 aromatic carbocycles. The molecule has 0 saturated carbocycles. The average Bonchev–Trinajstić information content (AvgIpc) is 2.79. The first kappa shape index (κ1) is 21.8. The molecule has 0 spiro atoms. The van der Waals surface area contributed by atoms with E-state index in [1.165, 1.54) is 18.3 Å². The van der Waals surface area contributed by atoms with Crippen molar-refractivity contribution in [3.63, 3.8) is 0 Å². The third-order valence-corrected chi connectivity index (χ3v) is 5.44. The molecule has 32 heavy (non-hydrogen) atoms. The van der Waals surface area contributed by atoms with Crippen LogP contribution in [-0.2, 0) is 0 Å². The van der Waals surface area contributed by atoms with Crippen LogP contribution in [0.3, 0.4) is 0 Å². The molecule has 0 aliphatic heterocycles. The minimum atomic E-state index is -0.979. The van der Waals surface area contributed by atoms with Gasteiger partial charge < -0.3 is 10.6 Å². The average molecular weight is 545 g/mol. The van der Waals surface area contributed by atoms with Crippen LogP contribution >= 0.6 is 22.6 Å².